The first-order valence-electron chi connectivity index (χ1n) is 8.91. The van der Waals surface area contributed by atoms with Gasteiger partial charge in [0.05, 0.1) is 25.1 Å². The quantitative estimate of drug-likeness (QED) is 0.609. The van der Waals surface area contributed by atoms with E-state index in [0.717, 1.165) is 22.4 Å². The van der Waals surface area contributed by atoms with Gasteiger partial charge >= 0.3 is 0 Å². The molecule has 0 unspecified atom stereocenters. The van der Waals surface area contributed by atoms with Crippen LogP contribution in [0.25, 0.3) is 21.3 Å². The van der Waals surface area contributed by atoms with Crippen molar-refractivity contribution in [3.63, 3.8) is 0 Å². The van der Waals surface area contributed by atoms with Crippen molar-refractivity contribution >= 4 is 21.6 Å². The van der Waals surface area contributed by atoms with E-state index in [1.54, 1.807) is 10.9 Å². The Bertz CT molecular complexity index is 959. The molecule has 0 saturated carbocycles. The third kappa shape index (κ3) is 3.60. The molecule has 0 aliphatic heterocycles. The lowest BCUT2D eigenvalue weighted by Gasteiger charge is -2.12. The molecule has 0 amide bonds. The average molecular weight is 372 g/mol. The predicted octanol–water partition coefficient (Wildman–Crippen LogP) is 4.58. The van der Waals surface area contributed by atoms with Crippen molar-refractivity contribution in [1.82, 2.24) is 9.55 Å². The number of aromatic nitrogens is 2. The summed E-state index contributed by atoms with van der Waals surface area (Å²) in [5.74, 6) is 1.83. The van der Waals surface area contributed by atoms with E-state index < -0.39 is 0 Å². The molecule has 2 aromatic heterocycles. The Hall–Kier alpha value is -2.34. The summed E-state index contributed by atoms with van der Waals surface area (Å²) in [6.45, 7) is 9.89. The molecular formula is C20H24N2O3S. The maximum Gasteiger partial charge on any atom is 0.271 e. The van der Waals surface area contributed by atoms with Gasteiger partial charge in [0, 0.05) is 17.5 Å². The Morgan fingerprint density at radius 2 is 1.88 bits per heavy atom. The highest BCUT2D eigenvalue weighted by atomic mass is 32.1. The topological polar surface area (TPSA) is 53.4 Å². The first-order valence-corrected chi connectivity index (χ1v) is 9.79. The van der Waals surface area contributed by atoms with E-state index in [1.807, 2.05) is 37.4 Å². The normalized spacial score (nSPS) is 11.3. The second-order valence-corrected chi connectivity index (χ2v) is 7.33. The van der Waals surface area contributed by atoms with Crippen LogP contribution in [-0.4, -0.2) is 22.8 Å². The summed E-state index contributed by atoms with van der Waals surface area (Å²) in [5.41, 5.74) is 2.68. The van der Waals surface area contributed by atoms with Gasteiger partial charge in [-0.05, 0) is 37.5 Å². The summed E-state index contributed by atoms with van der Waals surface area (Å²) < 4.78 is 13.7. The van der Waals surface area contributed by atoms with E-state index in [4.69, 9.17) is 9.47 Å². The van der Waals surface area contributed by atoms with Crippen LogP contribution in [0.3, 0.4) is 0 Å². The second kappa shape index (κ2) is 7.91. The van der Waals surface area contributed by atoms with Crippen molar-refractivity contribution in [2.75, 3.05) is 13.2 Å². The number of fused-ring (bicyclic) bond motifs is 1. The van der Waals surface area contributed by atoms with Crippen LogP contribution >= 0.6 is 11.3 Å². The average Bonchev–Trinajstić information content (AvgIpc) is 3.04. The molecule has 26 heavy (non-hydrogen) atoms. The summed E-state index contributed by atoms with van der Waals surface area (Å²) in [5, 5.41) is 1.99. The van der Waals surface area contributed by atoms with E-state index >= 15 is 0 Å². The van der Waals surface area contributed by atoms with Crippen LogP contribution in [0.4, 0.5) is 0 Å². The van der Waals surface area contributed by atoms with Crippen LogP contribution in [-0.2, 0) is 6.54 Å². The standard InChI is InChI=1S/C20H24N2O3S/c1-5-24-16-8-7-14(9-17(16)25-6-2)15-11-26-19-18(15)21-12-22(20(19)23)10-13(3)4/h7-9,11-13H,5-6,10H2,1-4H3. The monoisotopic (exact) mass is 372 g/mol. The first kappa shape index (κ1) is 18.5. The van der Waals surface area contributed by atoms with Gasteiger partial charge in [-0.15, -0.1) is 11.3 Å². The summed E-state index contributed by atoms with van der Waals surface area (Å²) in [4.78, 5) is 17.3. The SMILES string of the molecule is CCOc1ccc(-c2csc3c(=O)n(CC(C)C)cnc23)cc1OCC. The van der Waals surface area contributed by atoms with Crippen molar-refractivity contribution < 1.29 is 9.47 Å². The molecule has 0 aliphatic rings. The fourth-order valence-electron chi connectivity index (χ4n) is 2.89. The van der Waals surface area contributed by atoms with Gasteiger partial charge in [-0.25, -0.2) is 4.98 Å². The zero-order valence-electron chi connectivity index (χ0n) is 15.6. The largest absolute Gasteiger partial charge is 0.490 e. The molecule has 3 aromatic rings. The van der Waals surface area contributed by atoms with Gasteiger partial charge < -0.3 is 9.47 Å². The van der Waals surface area contributed by atoms with Crippen LogP contribution < -0.4 is 15.0 Å². The molecule has 0 aliphatic carbocycles. The molecule has 3 rings (SSSR count). The minimum absolute atomic E-state index is 0.0240. The second-order valence-electron chi connectivity index (χ2n) is 6.45. The summed E-state index contributed by atoms with van der Waals surface area (Å²) in [7, 11) is 0. The highest BCUT2D eigenvalue weighted by molar-refractivity contribution is 7.17. The van der Waals surface area contributed by atoms with Gasteiger partial charge in [0.1, 0.15) is 4.70 Å². The lowest BCUT2D eigenvalue weighted by molar-refractivity contribution is 0.288. The zero-order valence-corrected chi connectivity index (χ0v) is 16.4. The molecule has 0 saturated heterocycles. The zero-order chi connectivity index (χ0) is 18.7. The van der Waals surface area contributed by atoms with Gasteiger partial charge in [-0.1, -0.05) is 19.9 Å². The predicted molar refractivity (Wildman–Crippen MR) is 106 cm³/mol. The number of rotatable bonds is 7. The van der Waals surface area contributed by atoms with Crippen molar-refractivity contribution in [3.8, 4) is 22.6 Å². The third-order valence-electron chi connectivity index (χ3n) is 3.96. The van der Waals surface area contributed by atoms with E-state index in [1.165, 1.54) is 11.3 Å². The van der Waals surface area contributed by atoms with Crippen LogP contribution in [0.15, 0.2) is 34.7 Å². The molecular weight excluding hydrogens is 348 g/mol. The minimum Gasteiger partial charge on any atom is -0.490 e. The number of nitrogens with zero attached hydrogens (tertiary/aromatic N) is 2. The van der Waals surface area contributed by atoms with Crippen molar-refractivity contribution in [2.24, 2.45) is 5.92 Å². The molecule has 6 heteroatoms. The van der Waals surface area contributed by atoms with Gasteiger partial charge in [0.15, 0.2) is 11.5 Å². The summed E-state index contributed by atoms with van der Waals surface area (Å²) >= 11 is 1.44. The minimum atomic E-state index is 0.0240. The number of thiophene rings is 1. The number of hydrogen-bond acceptors (Lipinski definition) is 5. The third-order valence-corrected chi connectivity index (χ3v) is 4.92. The maximum absolute atomic E-state index is 12.7. The fraction of sp³-hybridized carbons (Fsp3) is 0.400. The Labute approximate surface area is 157 Å². The van der Waals surface area contributed by atoms with Gasteiger partial charge in [-0.2, -0.15) is 0 Å². The molecule has 138 valence electrons. The molecule has 1 aromatic carbocycles. The van der Waals surface area contributed by atoms with Crippen LogP contribution in [0, 0.1) is 5.92 Å². The molecule has 0 atom stereocenters. The molecule has 5 nitrogen and oxygen atoms in total. The molecule has 0 N–H and O–H groups in total. The van der Waals surface area contributed by atoms with E-state index in [9.17, 15) is 4.79 Å². The molecule has 0 fully saturated rings. The Morgan fingerprint density at radius 3 is 2.58 bits per heavy atom. The Balaban J connectivity index is 2.07. The Kier molecular flexibility index (Phi) is 5.61. The van der Waals surface area contributed by atoms with E-state index in [2.05, 4.69) is 18.8 Å². The smallest absolute Gasteiger partial charge is 0.271 e. The highest BCUT2D eigenvalue weighted by Crippen LogP contribution is 2.36. The molecule has 0 radical (unpaired) electrons. The van der Waals surface area contributed by atoms with Crippen LogP contribution in [0.2, 0.25) is 0 Å². The summed E-state index contributed by atoms with van der Waals surface area (Å²) in [6, 6.07) is 5.85. The van der Waals surface area contributed by atoms with E-state index in [-0.39, 0.29) is 5.56 Å². The van der Waals surface area contributed by atoms with Gasteiger partial charge in [-0.3, -0.25) is 9.36 Å². The highest BCUT2D eigenvalue weighted by Gasteiger charge is 2.15. The van der Waals surface area contributed by atoms with Crippen molar-refractivity contribution in [3.05, 3.63) is 40.3 Å². The van der Waals surface area contributed by atoms with Crippen molar-refractivity contribution in [1.29, 1.82) is 0 Å². The number of ether oxygens (including phenoxy) is 2. The molecule has 0 spiro atoms. The summed E-state index contributed by atoms with van der Waals surface area (Å²) in [6.07, 6.45) is 1.65. The van der Waals surface area contributed by atoms with Gasteiger partial charge in [0.25, 0.3) is 5.56 Å². The van der Waals surface area contributed by atoms with Crippen LogP contribution in [0.1, 0.15) is 27.7 Å². The fourth-order valence-corrected chi connectivity index (χ4v) is 3.86. The lowest BCUT2D eigenvalue weighted by atomic mass is 10.1. The van der Waals surface area contributed by atoms with Gasteiger partial charge in [0.2, 0.25) is 0 Å². The van der Waals surface area contributed by atoms with E-state index in [0.29, 0.717) is 36.1 Å². The number of hydrogen-bond donors (Lipinski definition) is 0. The maximum atomic E-state index is 12.7. The first-order chi connectivity index (χ1) is 12.5. The van der Waals surface area contributed by atoms with Crippen molar-refractivity contribution in [2.45, 2.75) is 34.2 Å². The van der Waals surface area contributed by atoms with Crippen LogP contribution in [0.5, 0.6) is 11.5 Å². The molecule has 2 heterocycles. The molecule has 0 bridgehead atoms. The number of benzene rings is 1. The lowest BCUT2D eigenvalue weighted by Crippen LogP contribution is -2.22. The Morgan fingerprint density at radius 1 is 1.15 bits per heavy atom.